The number of nitrogens with one attached hydrogen (secondary N) is 2. The van der Waals surface area contributed by atoms with Crippen LogP contribution in [0.25, 0.3) is 0 Å². The maximum atomic E-state index is 12.5. The van der Waals surface area contributed by atoms with Crippen LogP contribution in [-0.4, -0.2) is 38.3 Å². The first-order chi connectivity index (χ1) is 14.3. The number of aromatic nitrogens is 2. The highest BCUT2D eigenvalue weighted by Crippen LogP contribution is 2.29. The van der Waals surface area contributed by atoms with E-state index in [1.54, 1.807) is 25.1 Å². The Kier molecular flexibility index (Phi) is 7.22. The molecule has 2 aromatic rings. The van der Waals surface area contributed by atoms with E-state index in [9.17, 15) is 19.5 Å². The highest BCUT2D eigenvalue weighted by Gasteiger charge is 2.33. The number of anilines is 2. The Balaban J connectivity index is 1.55. The highest BCUT2D eigenvalue weighted by atomic mass is 32.2. The molecule has 0 unspecified atom stereocenters. The molecule has 1 heterocycles. The molecule has 1 aliphatic rings. The average Bonchev–Trinajstić information content (AvgIpc) is 3.13. The predicted octanol–water partition coefficient (Wildman–Crippen LogP) is 3.57. The second kappa shape index (κ2) is 9.86. The quantitative estimate of drug-likeness (QED) is 0.439. The molecule has 0 aliphatic heterocycles. The van der Waals surface area contributed by atoms with Crippen LogP contribution in [0.15, 0.2) is 41.3 Å². The largest absolute Gasteiger partial charge is 0.481 e. The molecule has 0 fully saturated rings. The van der Waals surface area contributed by atoms with Crippen molar-refractivity contribution in [3.8, 4) is 0 Å². The predicted molar refractivity (Wildman–Crippen MR) is 117 cm³/mol. The molecule has 30 heavy (non-hydrogen) atoms. The van der Waals surface area contributed by atoms with Gasteiger partial charge < -0.3 is 10.4 Å². The molecular formula is C20H22N4O4S2. The Morgan fingerprint density at radius 1 is 1.10 bits per heavy atom. The number of hydrogen-bond acceptors (Lipinski definition) is 7. The van der Waals surface area contributed by atoms with E-state index in [2.05, 4.69) is 20.8 Å². The molecule has 158 valence electrons. The van der Waals surface area contributed by atoms with Gasteiger partial charge in [-0.2, -0.15) is 0 Å². The first-order valence-corrected chi connectivity index (χ1v) is 11.1. The van der Waals surface area contributed by atoms with Gasteiger partial charge in [0.15, 0.2) is 0 Å². The van der Waals surface area contributed by atoms with E-state index in [4.69, 9.17) is 0 Å². The summed E-state index contributed by atoms with van der Waals surface area (Å²) in [5, 5.41) is 23.5. The molecule has 0 radical (unpaired) electrons. The fraction of sp³-hybridized carbons (Fsp3) is 0.350. The van der Waals surface area contributed by atoms with Gasteiger partial charge in [0.2, 0.25) is 16.9 Å². The molecule has 10 heteroatoms. The van der Waals surface area contributed by atoms with Gasteiger partial charge in [0.1, 0.15) is 5.01 Å². The second-order valence-corrected chi connectivity index (χ2v) is 9.48. The molecule has 0 saturated carbocycles. The minimum absolute atomic E-state index is 0.168. The number of hydrogen-bond donors (Lipinski definition) is 3. The Bertz CT molecular complexity index is 958. The molecular weight excluding hydrogens is 424 g/mol. The van der Waals surface area contributed by atoms with E-state index in [0.29, 0.717) is 23.7 Å². The number of rotatable bonds is 7. The zero-order valence-electron chi connectivity index (χ0n) is 16.5. The fourth-order valence-electron chi connectivity index (χ4n) is 3.04. The Hall–Kier alpha value is -2.72. The third-order valence-corrected chi connectivity index (χ3v) is 6.51. The normalized spacial score (nSPS) is 19.1. The van der Waals surface area contributed by atoms with Crippen LogP contribution in [-0.2, 0) is 14.4 Å². The van der Waals surface area contributed by atoms with Gasteiger partial charge in [-0.15, -0.1) is 22.0 Å². The minimum atomic E-state index is -0.956. The number of aryl methyl sites for hydroxylation is 1. The maximum Gasteiger partial charge on any atom is 0.307 e. The monoisotopic (exact) mass is 446 g/mol. The summed E-state index contributed by atoms with van der Waals surface area (Å²) < 4.78 is 0. The zero-order chi connectivity index (χ0) is 21.7. The van der Waals surface area contributed by atoms with Crippen LogP contribution in [0.2, 0.25) is 0 Å². The van der Waals surface area contributed by atoms with E-state index in [0.717, 1.165) is 9.90 Å². The van der Waals surface area contributed by atoms with Gasteiger partial charge in [-0.3, -0.25) is 19.7 Å². The number of aliphatic carboxylic acids is 1. The molecule has 8 nitrogen and oxygen atoms in total. The Morgan fingerprint density at radius 3 is 2.37 bits per heavy atom. The number of carbonyl (C=O) groups excluding carboxylic acids is 2. The maximum absolute atomic E-state index is 12.5. The number of carbonyl (C=O) groups is 3. The van der Waals surface area contributed by atoms with Crippen molar-refractivity contribution in [3.63, 3.8) is 0 Å². The van der Waals surface area contributed by atoms with Gasteiger partial charge in [-0.25, -0.2) is 0 Å². The zero-order valence-corrected chi connectivity index (χ0v) is 18.1. The molecule has 0 spiro atoms. The summed E-state index contributed by atoms with van der Waals surface area (Å²) in [6.07, 6.45) is 4.42. The SMILES string of the molecule is Cc1nnc(NC(=O)[C@@H](C)Sc2ccc(NC(=O)[C@@H]3CC=CC[C@@H]3C(=O)O)cc2)s1. The number of carboxylic acids is 1. The number of amides is 2. The van der Waals surface area contributed by atoms with Crippen LogP contribution >= 0.6 is 23.1 Å². The highest BCUT2D eigenvalue weighted by molar-refractivity contribution is 8.00. The third kappa shape index (κ3) is 5.67. The summed E-state index contributed by atoms with van der Waals surface area (Å²) in [6.45, 7) is 3.62. The Morgan fingerprint density at radius 2 is 1.77 bits per heavy atom. The van der Waals surface area contributed by atoms with Crippen molar-refractivity contribution in [2.45, 2.75) is 36.8 Å². The van der Waals surface area contributed by atoms with Crippen LogP contribution in [0.4, 0.5) is 10.8 Å². The molecule has 1 aliphatic carbocycles. The van der Waals surface area contributed by atoms with Crippen molar-refractivity contribution in [1.29, 1.82) is 0 Å². The van der Waals surface area contributed by atoms with Crippen molar-refractivity contribution in [1.82, 2.24) is 10.2 Å². The van der Waals surface area contributed by atoms with Crippen molar-refractivity contribution < 1.29 is 19.5 Å². The van der Waals surface area contributed by atoms with Crippen molar-refractivity contribution >= 4 is 51.7 Å². The smallest absolute Gasteiger partial charge is 0.307 e. The standard InChI is InChI=1S/C20H22N4O4S2/c1-11(17(25)22-20-24-23-12(2)30-20)29-14-9-7-13(8-10-14)21-18(26)15-5-3-4-6-16(15)19(27)28/h3-4,7-11,15-16H,5-6H2,1-2H3,(H,21,26)(H,27,28)(H,22,24,25)/t11-,15-,16+/m1/s1. The summed E-state index contributed by atoms with van der Waals surface area (Å²) in [4.78, 5) is 37.1. The molecule has 0 bridgehead atoms. The van der Waals surface area contributed by atoms with Crippen molar-refractivity contribution in [3.05, 3.63) is 41.4 Å². The van der Waals surface area contributed by atoms with Gasteiger partial charge in [-0.1, -0.05) is 23.5 Å². The molecule has 3 N–H and O–H groups in total. The number of nitrogens with zero attached hydrogens (tertiary/aromatic N) is 2. The van der Waals surface area contributed by atoms with Gasteiger partial charge in [0, 0.05) is 10.6 Å². The lowest BCUT2D eigenvalue weighted by molar-refractivity contribution is -0.146. The van der Waals surface area contributed by atoms with Crippen LogP contribution < -0.4 is 10.6 Å². The molecule has 3 atom stereocenters. The topological polar surface area (TPSA) is 121 Å². The van der Waals surface area contributed by atoms with Crippen molar-refractivity contribution in [2.24, 2.45) is 11.8 Å². The number of benzene rings is 1. The average molecular weight is 447 g/mol. The van der Waals surface area contributed by atoms with Crippen LogP contribution in [0.5, 0.6) is 0 Å². The fourth-order valence-corrected chi connectivity index (χ4v) is 4.50. The van der Waals surface area contributed by atoms with E-state index >= 15 is 0 Å². The van der Waals surface area contributed by atoms with Crippen molar-refractivity contribution in [2.75, 3.05) is 10.6 Å². The number of allylic oxidation sites excluding steroid dienone is 2. The first kappa shape index (κ1) is 22.0. The van der Waals surface area contributed by atoms with Gasteiger partial charge in [0.05, 0.1) is 17.1 Å². The summed E-state index contributed by atoms with van der Waals surface area (Å²) >= 11 is 2.70. The summed E-state index contributed by atoms with van der Waals surface area (Å²) in [5.41, 5.74) is 0.587. The summed E-state index contributed by atoms with van der Waals surface area (Å²) in [5.74, 6) is -2.72. The van der Waals surface area contributed by atoms with Crippen LogP contribution in [0, 0.1) is 18.8 Å². The Labute approximate surface area is 182 Å². The molecule has 1 aromatic heterocycles. The lowest BCUT2D eigenvalue weighted by atomic mass is 9.82. The molecule has 3 rings (SSSR count). The van der Waals surface area contributed by atoms with E-state index < -0.39 is 17.8 Å². The van der Waals surface area contributed by atoms with Gasteiger partial charge in [0.25, 0.3) is 0 Å². The van der Waals surface area contributed by atoms with Crippen LogP contribution in [0.3, 0.4) is 0 Å². The molecule has 0 saturated heterocycles. The van der Waals surface area contributed by atoms with E-state index in [-0.39, 0.29) is 17.1 Å². The lowest BCUT2D eigenvalue weighted by Gasteiger charge is -2.24. The number of carboxylic acid groups (broad SMARTS) is 1. The second-order valence-electron chi connectivity index (χ2n) is 6.88. The summed E-state index contributed by atoms with van der Waals surface area (Å²) in [6, 6.07) is 7.12. The molecule has 1 aromatic carbocycles. The van der Waals surface area contributed by atoms with E-state index in [1.165, 1.54) is 23.1 Å². The lowest BCUT2D eigenvalue weighted by Crippen LogP contribution is -2.34. The third-order valence-electron chi connectivity index (χ3n) is 4.65. The van der Waals surface area contributed by atoms with Crippen LogP contribution in [0.1, 0.15) is 24.8 Å². The van der Waals surface area contributed by atoms with E-state index in [1.807, 2.05) is 25.1 Å². The minimum Gasteiger partial charge on any atom is -0.481 e. The summed E-state index contributed by atoms with van der Waals surface area (Å²) in [7, 11) is 0. The van der Waals surface area contributed by atoms with Gasteiger partial charge in [-0.05, 0) is 51.0 Å². The number of thioether (sulfide) groups is 1. The molecule has 2 amide bonds. The first-order valence-electron chi connectivity index (χ1n) is 9.40. The van der Waals surface area contributed by atoms with Gasteiger partial charge >= 0.3 is 5.97 Å².